The van der Waals surface area contributed by atoms with E-state index in [1.807, 2.05) is 0 Å². The fourth-order valence-electron chi connectivity index (χ4n) is 2.65. The molecule has 2 atom stereocenters. The van der Waals surface area contributed by atoms with Crippen LogP contribution in [0.4, 0.5) is 0 Å². The second kappa shape index (κ2) is 9.02. The molecule has 0 bridgehead atoms. The van der Waals surface area contributed by atoms with Crippen LogP contribution in [-0.2, 0) is 19.1 Å². The number of thioether (sulfide) groups is 1. The van der Waals surface area contributed by atoms with E-state index < -0.39 is 23.5 Å². The molecule has 1 heterocycles. The van der Waals surface area contributed by atoms with Crippen molar-refractivity contribution >= 4 is 28.9 Å². The highest BCUT2D eigenvalue weighted by Gasteiger charge is 2.55. The molecule has 0 aliphatic carbocycles. The molecule has 22 heavy (non-hydrogen) atoms. The number of carbonyl (C=O) groups is 2. The average Bonchev–Trinajstić information content (AvgIpc) is 2.79. The molecule has 6 nitrogen and oxygen atoms in total. The maximum Gasteiger partial charge on any atom is 0.323 e. The van der Waals surface area contributed by atoms with E-state index in [4.69, 9.17) is 20.6 Å². The molecule has 0 amide bonds. The molecule has 1 fully saturated rings. The molecule has 1 aliphatic heterocycles. The number of esters is 2. The molecule has 7 heteroatoms. The zero-order chi connectivity index (χ0) is 16.6. The highest BCUT2D eigenvalue weighted by atomic mass is 32.2. The van der Waals surface area contributed by atoms with E-state index in [1.165, 1.54) is 0 Å². The molecular formula is C15H26N2O4S. The summed E-state index contributed by atoms with van der Waals surface area (Å²) in [6, 6.07) is 0. The third-order valence-electron chi connectivity index (χ3n) is 3.79. The average molecular weight is 330 g/mol. The van der Waals surface area contributed by atoms with Gasteiger partial charge in [0.15, 0.2) is 10.6 Å². The SMILES string of the molecule is CCCCCC[C@@]1(C(=O)OCC)C[C@@H](CSC(=N)N)OC1=O. The summed E-state index contributed by atoms with van der Waals surface area (Å²) in [6.07, 6.45) is 4.35. The van der Waals surface area contributed by atoms with E-state index >= 15 is 0 Å². The van der Waals surface area contributed by atoms with Crippen molar-refractivity contribution in [3.63, 3.8) is 0 Å². The van der Waals surface area contributed by atoms with Gasteiger partial charge in [0.25, 0.3) is 0 Å². The van der Waals surface area contributed by atoms with E-state index in [2.05, 4.69) is 6.92 Å². The Morgan fingerprint density at radius 2 is 2.18 bits per heavy atom. The largest absolute Gasteiger partial charge is 0.465 e. The zero-order valence-electron chi connectivity index (χ0n) is 13.4. The lowest BCUT2D eigenvalue weighted by atomic mass is 9.80. The number of amidine groups is 1. The highest BCUT2D eigenvalue weighted by Crippen LogP contribution is 2.41. The predicted molar refractivity (Wildman–Crippen MR) is 86.7 cm³/mol. The molecular weight excluding hydrogens is 304 g/mol. The minimum Gasteiger partial charge on any atom is -0.465 e. The molecule has 126 valence electrons. The Hall–Kier alpha value is -1.24. The molecule has 1 saturated heterocycles. The molecule has 0 saturated carbocycles. The second-order valence-corrected chi connectivity index (χ2v) is 6.58. The van der Waals surface area contributed by atoms with Crippen LogP contribution < -0.4 is 5.73 Å². The van der Waals surface area contributed by atoms with Gasteiger partial charge in [-0.3, -0.25) is 15.0 Å². The first-order valence-corrected chi connectivity index (χ1v) is 8.80. The number of nitrogens with one attached hydrogen (secondary N) is 1. The van der Waals surface area contributed by atoms with Crippen LogP contribution in [0.25, 0.3) is 0 Å². The Morgan fingerprint density at radius 3 is 2.77 bits per heavy atom. The maximum absolute atomic E-state index is 12.3. The number of ether oxygens (including phenoxy) is 2. The number of cyclic esters (lactones) is 1. The first-order chi connectivity index (χ1) is 10.5. The second-order valence-electron chi connectivity index (χ2n) is 5.52. The molecule has 0 aromatic carbocycles. The van der Waals surface area contributed by atoms with Crippen molar-refractivity contribution in [3.05, 3.63) is 0 Å². The van der Waals surface area contributed by atoms with Crippen LogP contribution in [0.2, 0.25) is 0 Å². The van der Waals surface area contributed by atoms with E-state index in [9.17, 15) is 9.59 Å². The Bertz CT molecular complexity index is 416. The van der Waals surface area contributed by atoms with E-state index in [0.717, 1.165) is 37.4 Å². The molecule has 1 rings (SSSR count). The number of carbonyl (C=O) groups excluding carboxylic acids is 2. The first kappa shape index (κ1) is 18.8. The topological polar surface area (TPSA) is 102 Å². The number of unbranched alkanes of at least 4 members (excludes halogenated alkanes) is 3. The number of hydrogen-bond acceptors (Lipinski definition) is 6. The van der Waals surface area contributed by atoms with Gasteiger partial charge in [0, 0.05) is 12.2 Å². The van der Waals surface area contributed by atoms with Crippen molar-refractivity contribution < 1.29 is 19.1 Å². The van der Waals surface area contributed by atoms with Crippen LogP contribution in [0.1, 0.15) is 52.4 Å². The van der Waals surface area contributed by atoms with E-state index in [-0.39, 0.29) is 11.8 Å². The Kier molecular flexibility index (Phi) is 7.72. The molecule has 0 spiro atoms. The van der Waals surface area contributed by atoms with Gasteiger partial charge in [0.1, 0.15) is 6.10 Å². The van der Waals surface area contributed by atoms with Gasteiger partial charge in [-0.15, -0.1) is 0 Å². The normalized spacial score (nSPS) is 24.1. The fraction of sp³-hybridized carbons (Fsp3) is 0.800. The molecule has 0 aromatic rings. The Morgan fingerprint density at radius 1 is 1.45 bits per heavy atom. The van der Waals surface area contributed by atoms with Crippen LogP contribution in [0, 0.1) is 10.8 Å². The van der Waals surface area contributed by atoms with Crippen molar-refractivity contribution in [1.82, 2.24) is 0 Å². The van der Waals surface area contributed by atoms with Gasteiger partial charge in [0.2, 0.25) is 0 Å². The molecule has 0 radical (unpaired) electrons. The lowest BCUT2D eigenvalue weighted by Crippen LogP contribution is -2.37. The van der Waals surface area contributed by atoms with Crippen molar-refractivity contribution in [2.24, 2.45) is 11.1 Å². The lowest BCUT2D eigenvalue weighted by molar-refractivity contribution is -0.165. The monoisotopic (exact) mass is 330 g/mol. The van der Waals surface area contributed by atoms with Gasteiger partial charge in [-0.2, -0.15) is 0 Å². The zero-order valence-corrected chi connectivity index (χ0v) is 14.2. The van der Waals surface area contributed by atoms with E-state index in [1.54, 1.807) is 6.92 Å². The third kappa shape index (κ3) is 4.90. The molecule has 1 aliphatic rings. The first-order valence-electron chi connectivity index (χ1n) is 7.81. The van der Waals surface area contributed by atoms with E-state index in [0.29, 0.717) is 18.6 Å². The predicted octanol–water partition coefficient (Wildman–Crippen LogP) is 2.45. The Balaban J connectivity index is 2.74. The molecule has 0 aromatic heterocycles. The van der Waals surface area contributed by atoms with Gasteiger partial charge in [0.05, 0.1) is 6.61 Å². The van der Waals surface area contributed by atoms with Gasteiger partial charge in [-0.25, -0.2) is 0 Å². The molecule has 3 N–H and O–H groups in total. The third-order valence-corrected chi connectivity index (χ3v) is 4.64. The minimum absolute atomic E-state index is 0.0207. The van der Waals surface area contributed by atoms with Crippen LogP contribution in [0.3, 0.4) is 0 Å². The van der Waals surface area contributed by atoms with Crippen molar-refractivity contribution in [3.8, 4) is 0 Å². The van der Waals surface area contributed by atoms with Gasteiger partial charge < -0.3 is 15.2 Å². The van der Waals surface area contributed by atoms with Crippen LogP contribution in [0.5, 0.6) is 0 Å². The summed E-state index contributed by atoms with van der Waals surface area (Å²) in [4.78, 5) is 24.6. The maximum atomic E-state index is 12.3. The smallest absolute Gasteiger partial charge is 0.323 e. The van der Waals surface area contributed by atoms with Gasteiger partial charge >= 0.3 is 11.9 Å². The summed E-state index contributed by atoms with van der Waals surface area (Å²) in [5.74, 6) is -0.569. The summed E-state index contributed by atoms with van der Waals surface area (Å²) < 4.78 is 10.5. The number of nitrogens with two attached hydrogens (primary N) is 1. The van der Waals surface area contributed by atoms with Crippen molar-refractivity contribution in [1.29, 1.82) is 5.41 Å². The van der Waals surface area contributed by atoms with Gasteiger partial charge in [-0.1, -0.05) is 44.4 Å². The van der Waals surface area contributed by atoms with Crippen LogP contribution in [0.15, 0.2) is 0 Å². The summed E-state index contributed by atoms with van der Waals surface area (Å²) in [5, 5.41) is 7.20. The van der Waals surface area contributed by atoms with Crippen LogP contribution >= 0.6 is 11.8 Å². The Labute approximate surface area is 136 Å². The van der Waals surface area contributed by atoms with Crippen LogP contribution in [-0.4, -0.2) is 35.6 Å². The summed E-state index contributed by atoms with van der Waals surface area (Å²) >= 11 is 1.12. The standard InChI is InChI=1S/C15H26N2O4S/c1-3-5-6-7-8-15(12(18)20-4-2)9-11(21-13(15)19)10-22-14(16)17/h11H,3-10H2,1-2H3,(H3,16,17)/t11-,15-/m0/s1. The number of rotatable bonds is 9. The summed E-state index contributed by atoms with van der Waals surface area (Å²) in [7, 11) is 0. The fourth-order valence-corrected chi connectivity index (χ4v) is 3.20. The summed E-state index contributed by atoms with van der Waals surface area (Å²) in [5.41, 5.74) is 4.13. The quantitative estimate of drug-likeness (QED) is 0.221. The van der Waals surface area contributed by atoms with Gasteiger partial charge in [-0.05, 0) is 13.3 Å². The van der Waals surface area contributed by atoms with Crippen molar-refractivity contribution in [2.75, 3.05) is 12.4 Å². The molecule has 0 unspecified atom stereocenters. The lowest BCUT2D eigenvalue weighted by Gasteiger charge is -2.22. The van der Waals surface area contributed by atoms with Crippen molar-refractivity contribution in [2.45, 2.75) is 58.5 Å². The number of hydrogen-bond donors (Lipinski definition) is 2. The summed E-state index contributed by atoms with van der Waals surface area (Å²) in [6.45, 7) is 4.09. The highest BCUT2D eigenvalue weighted by molar-refractivity contribution is 8.13. The minimum atomic E-state index is -1.17.